The maximum absolute atomic E-state index is 11.1. The predicted molar refractivity (Wildman–Crippen MR) is 54.0 cm³/mol. The minimum absolute atomic E-state index is 0.219. The molecule has 1 rings (SSSR count). The molecule has 1 heterocycles. The van der Waals surface area contributed by atoms with Crippen LogP contribution in [0.25, 0.3) is 0 Å². The zero-order valence-electron chi connectivity index (χ0n) is 8.83. The second kappa shape index (κ2) is 4.74. The zero-order valence-corrected chi connectivity index (χ0v) is 8.83. The van der Waals surface area contributed by atoms with Gasteiger partial charge in [-0.1, -0.05) is 0 Å². The standard InChI is InChI=1S/C11H15NO2/c1-4-14-11(13)6-10-5-8(2)9(3)7-12-10/h5,7H,4,6H2,1-3H3. The first kappa shape index (κ1) is 10.7. The van der Waals surface area contributed by atoms with Gasteiger partial charge in [-0.05, 0) is 38.0 Å². The highest BCUT2D eigenvalue weighted by Crippen LogP contribution is 2.07. The predicted octanol–water partition coefficient (Wildman–Crippen LogP) is 1.80. The smallest absolute Gasteiger partial charge is 0.311 e. The molecule has 0 atom stereocenters. The average Bonchev–Trinajstić information content (AvgIpc) is 2.12. The molecular formula is C11H15NO2. The van der Waals surface area contributed by atoms with E-state index in [4.69, 9.17) is 4.74 Å². The topological polar surface area (TPSA) is 39.2 Å². The van der Waals surface area contributed by atoms with Crippen LogP contribution in [0.4, 0.5) is 0 Å². The molecule has 0 amide bonds. The molecule has 0 fully saturated rings. The first-order valence-corrected chi connectivity index (χ1v) is 4.71. The van der Waals surface area contributed by atoms with Crippen molar-refractivity contribution in [1.29, 1.82) is 0 Å². The van der Waals surface area contributed by atoms with E-state index in [9.17, 15) is 4.79 Å². The maximum Gasteiger partial charge on any atom is 0.311 e. The van der Waals surface area contributed by atoms with Crippen LogP contribution in [0, 0.1) is 13.8 Å². The molecule has 3 nitrogen and oxygen atoms in total. The summed E-state index contributed by atoms with van der Waals surface area (Å²) in [5.74, 6) is -0.219. The number of esters is 1. The van der Waals surface area contributed by atoms with E-state index in [1.54, 1.807) is 13.1 Å². The van der Waals surface area contributed by atoms with E-state index < -0.39 is 0 Å². The van der Waals surface area contributed by atoms with E-state index in [1.165, 1.54) is 0 Å². The number of aromatic nitrogens is 1. The number of pyridine rings is 1. The van der Waals surface area contributed by atoms with Gasteiger partial charge < -0.3 is 4.74 Å². The molecule has 3 heteroatoms. The van der Waals surface area contributed by atoms with Crippen molar-refractivity contribution in [3.63, 3.8) is 0 Å². The van der Waals surface area contributed by atoms with Gasteiger partial charge in [0.15, 0.2) is 0 Å². The number of carbonyl (C=O) groups excluding carboxylic acids is 1. The first-order chi connectivity index (χ1) is 6.63. The number of aryl methyl sites for hydroxylation is 2. The van der Waals surface area contributed by atoms with Crippen LogP contribution in [0.15, 0.2) is 12.3 Å². The van der Waals surface area contributed by atoms with Gasteiger partial charge in [0, 0.05) is 6.20 Å². The SMILES string of the molecule is CCOC(=O)Cc1cc(C)c(C)cn1. The van der Waals surface area contributed by atoms with Crippen molar-refractivity contribution in [3.8, 4) is 0 Å². The fourth-order valence-corrected chi connectivity index (χ4v) is 1.14. The van der Waals surface area contributed by atoms with Gasteiger partial charge in [-0.15, -0.1) is 0 Å². The third kappa shape index (κ3) is 2.83. The van der Waals surface area contributed by atoms with E-state index in [0.29, 0.717) is 6.61 Å². The molecule has 0 aromatic carbocycles. The molecule has 0 unspecified atom stereocenters. The molecule has 0 N–H and O–H groups in total. The van der Waals surface area contributed by atoms with Gasteiger partial charge in [0.25, 0.3) is 0 Å². The summed E-state index contributed by atoms with van der Waals surface area (Å²) in [5.41, 5.74) is 3.06. The van der Waals surface area contributed by atoms with Gasteiger partial charge >= 0.3 is 5.97 Å². The maximum atomic E-state index is 11.1. The number of hydrogen-bond donors (Lipinski definition) is 0. The van der Waals surface area contributed by atoms with Crippen LogP contribution in [0.5, 0.6) is 0 Å². The normalized spacial score (nSPS) is 9.93. The Hall–Kier alpha value is -1.38. The lowest BCUT2D eigenvalue weighted by Crippen LogP contribution is -2.09. The van der Waals surface area contributed by atoms with E-state index in [2.05, 4.69) is 4.98 Å². The van der Waals surface area contributed by atoms with Crippen molar-refractivity contribution in [2.75, 3.05) is 6.61 Å². The molecule has 0 aliphatic rings. The lowest BCUT2D eigenvalue weighted by Gasteiger charge is -2.03. The van der Waals surface area contributed by atoms with Gasteiger partial charge in [0.1, 0.15) is 0 Å². The molecule has 1 aromatic heterocycles. The molecule has 0 bridgehead atoms. The highest BCUT2D eigenvalue weighted by atomic mass is 16.5. The van der Waals surface area contributed by atoms with Crippen LogP contribution in [-0.4, -0.2) is 17.6 Å². The Kier molecular flexibility index (Phi) is 3.63. The van der Waals surface area contributed by atoms with Gasteiger partial charge in [-0.2, -0.15) is 0 Å². The summed E-state index contributed by atoms with van der Waals surface area (Å²) in [4.78, 5) is 15.3. The average molecular weight is 193 g/mol. The summed E-state index contributed by atoms with van der Waals surface area (Å²) < 4.78 is 4.84. The van der Waals surface area contributed by atoms with Crippen molar-refractivity contribution >= 4 is 5.97 Å². The Balaban J connectivity index is 2.68. The van der Waals surface area contributed by atoms with Gasteiger partial charge in [0.05, 0.1) is 18.7 Å². The van der Waals surface area contributed by atoms with Crippen molar-refractivity contribution in [3.05, 3.63) is 29.1 Å². The fraction of sp³-hybridized carbons (Fsp3) is 0.455. The molecule has 0 aliphatic carbocycles. The van der Waals surface area contributed by atoms with Crippen LogP contribution in [0.3, 0.4) is 0 Å². The van der Waals surface area contributed by atoms with Crippen molar-refractivity contribution in [1.82, 2.24) is 4.98 Å². The summed E-state index contributed by atoms with van der Waals surface area (Å²) in [5, 5.41) is 0. The molecule has 0 spiro atoms. The van der Waals surface area contributed by atoms with E-state index >= 15 is 0 Å². The Morgan fingerprint density at radius 2 is 2.14 bits per heavy atom. The van der Waals surface area contributed by atoms with Crippen LogP contribution in [0.2, 0.25) is 0 Å². The summed E-state index contributed by atoms with van der Waals surface area (Å²) in [6, 6.07) is 1.92. The zero-order chi connectivity index (χ0) is 10.6. The third-order valence-corrected chi connectivity index (χ3v) is 2.06. The van der Waals surface area contributed by atoms with Crippen molar-refractivity contribution in [2.24, 2.45) is 0 Å². The number of ether oxygens (including phenoxy) is 1. The second-order valence-corrected chi connectivity index (χ2v) is 3.24. The quantitative estimate of drug-likeness (QED) is 0.687. The van der Waals surface area contributed by atoms with Gasteiger partial charge in [-0.25, -0.2) is 0 Å². The van der Waals surface area contributed by atoms with Gasteiger partial charge in [0.2, 0.25) is 0 Å². The number of carbonyl (C=O) groups is 1. The molecule has 0 saturated heterocycles. The Morgan fingerprint density at radius 3 is 2.71 bits per heavy atom. The minimum Gasteiger partial charge on any atom is -0.466 e. The van der Waals surface area contributed by atoms with Crippen LogP contribution in [-0.2, 0) is 16.0 Å². The third-order valence-electron chi connectivity index (χ3n) is 2.06. The summed E-state index contributed by atoms with van der Waals surface area (Å²) in [6.45, 7) is 6.22. The summed E-state index contributed by atoms with van der Waals surface area (Å²) in [7, 11) is 0. The molecule has 76 valence electrons. The van der Waals surface area contributed by atoms with Crippen LogP contribution >= 0.6 is 0 Å². The Labute approximate surface area is 84.1 Å². The lowest BCUT2D eigenvalue weighted by molar-refractivity contribution is -0.142. The largest absolute Gasteiger partial charge is 0.466 e. The Bertz CT molecular complexity index is 334. The highest BCUT2D eigenvalue weighted by Gasteiger charge is 2.05. The second-order valence-electron chi connectivity index (χ2n) is 3.24. The fourth-order valence-electron chi connectivity index (χ4n) is 1.14. The van der Waals surface area contributed by atoms with Gasteiger partial charge in [-0.3, -0.25) is 9.78 Å². The Morgan fingerprint density at radius 1 is 1.43 bits per heavy atom. The molecule has 0 aliphatic heterocycles. The van der Waals surface area contributed by atoms with E-state index in [-0.39, 0.29) is 12.4 Å². The summed E-state index contributed by atoms with van der Waals surface area (Å²) in [6.07, 6.45) is 2.04. The summed E-state index contributed by atoms with van der Waals surface area (Å²) >= 11 is 0. The first-order valence-electron chi connectivity index (χ1n) is 4.71. The number of rotatable bonds is 3. The number of hydrogen-bond acceptors (Lipinski definition) is 3. The molecule has 0 saturated carbocycles. The van der Waals surface area contributed by atoms with Crippen molar-refractivity contribution < 1.29 is 9.53 Å². The van der Waals surface area contributed by atoms with E-state index in [0.717, 1.165) is 16.8 Å². The molecule has 1 aromatic rings. The monoisotopic (exact) mass is 193 g/mol. The minimum atomic E-state index is -0.219. The lowest BCUT2D eigenvalue weighted by atomic mass is 10.1. The van der Waals surface area contributed by atoms with E-state index in [1.807, 2.05) is 19.9 Å². The molecule has 0 radical (unpaired) electrons. The molecular weight excluding hydrogens is 178 g/mol. The highest BCUT2D eigenvalue weighted by molar-refractivity contribution is 5.72. The van der Waals surface area contributed by atoms with Crippen molar-refractivity contribution in [2.45, 2.75) is 27.2 Å². The molecule has 14 heavy (non-hydrogen) atoms. The van der Waals surface area contributed by atoms with Crippen LogP contribution < -0.4 is 0 Å². The number of nitrogens with zero attached hydrogens (tertiary/aromatic N) is 1. The van der Waals surface area contributed by atoms with Crippen LogP contribution in [0.1, 0.15) is 23.7 Å².